The summed E-state index contributed by atoms with van der Waals surface area (Å²) in [7, 11) is 1.86. The summed E-state index contributed by atoms with van der Waals surface area (Å²) in [5, 5.41) is 1.47. The fourth-order valence-electron chi connectivity index (χ4n) is 3.23. The van der Waals surface area contributed by atoms with E-state index in [0.717, 1.165) is 42.5 Å². The molecule has 0 radical (unpaired) electrons. The van der Waals surface area contributed by atoms with Crippen molar-refractivity contribution in [1.29, 1.82) is 0 Å². The van der Waals surface area contributed by atoms with Crippen LogP contribution in [0.3, 0.4) is 0 Å². The van der Waals surface area contributed by atoms with Gasteiger partial charge < -0.3 is 14.7 Å². The van der Waals surface area contributed by atoms with E-state index in [9.17, 15) is 4.79 Å². The van der Waals surface area contributed by atoms with Crippen LogP contribution in [-0.2, 0) is 11.3 Å². The lowest BCUT2D eigenvalue weighted by molar-refractivity contribution is -0.892. The van der Waals surface area contributed by atoms with E-state index in [-0.39, 0.29) is 5.91 Å². The molecule has 6 heteroatoms. The number of nitrogens with zero attached hydrogens (tertiary/aromatic N) is 2. The van der Waals surface area contributed by atoms with Crippen molar-refractivity contribution in [1.82, 2.24) is 4.90 Å². The third-order valence-electron chi connectivity index (χ3n) is 4.80. The second-order valence-corrected chi connectivity index (χ2v) is 7.64. The molecule has 1 saturated heterocycles. The van der Waals surface area contributed by atoms with Gasteiger partial charge in [-0.15, -0.1) is 0 Å². The number of quaternary nitrogens is 1. The number of benzene rings is 2. The number of carbonyl (C=O) groups excluding carboxylic acids is 1. The van der Waals surface area contributed by atoms with Crippen LogP contribution < -0.4 is 9.80 Å². The standard InChI is InChI=1S/C20H23Cl2N3O/c1-23(14-16-5-7-17(21)8-6-16)20(26)15-24-9-11-25(12-10-24)19-4-2-3-18(22)13-19/h2-8,13H,9-12,14-15H2,1H3/p+1. The molecular weight excluding hydrogens is 369 g/mol. The minimum Gasteiger partial charge on any atom is -0.360 e. The zero-order valence-corrected chi connectivity index (χ0v) is 16.4. The van der Waals surface area contributed by atoms with E-state index in [4.69, 9.17) is 23.2 Å². The van der Waals surface area contributed by atoms with Crippen molar-refractivity contribution in [2.45, 2.75) is 6.54 Å². The van der Waals surface area contributed by atoms with Crippen molar-refractivity contribution in [3.8, 4) is 0 Å². The van der Waals surface area contributed by atoms with E-state index in [0.29, 0.717) is 18.1 Å². The summed E-state index contributed by atoms with van der Waals surface area (Å²) in [6.07, 6.45) is 0. The molecule has 0 spiro atoms. The first kappa shape index (κ1) is 19.0. The quantitative estimate of drug-likeness (QED) is 0.845. The van der Waals surface area contributed by atoms with E-state index in [1.807, 2.05) is 49.5 Å². The maximum atomic E-state index is 12.5. The Morgan fingerprint density at radius 1 is 1.08 bits per heavy atom. The summed E-state index contributed by atoms with van der Waals surface area (Å²) in [5.74, 6) is 0.172. The van der Waals surface area contributed by atoms with Crippen LogP contribution in [0.5, 0.6) is 0 Å². The molecule has 3 rings (SSSR count). The van der Waals surface area contributed by atoms with Crippen LogP contribution in [0.1, 0.15) is 5.56 Å². The molecule has 0 unspecified atom stereocenters. The number of piperazine rings is 1. The van der Waals surface area contributed by atoms with Crippen LogP contribution in [0, 0.1) is 0 Å². The number of anilines is 1. The molecular formula is C20H24Cl2N3O+. The predicted octanol–water partition coefficient (Wildman–Crippen LogP) is 2.36. The second-order valence-electron chi connectivity index (χ2n) is 6.77. The van der Waals surface area contributed by atoms with E-state index in [1.165, 1.54) is 4.90 Å². The van der Waals surface area contributed by atoms with Crippen LogP contribution in [-0.4, -0.2) is 50.6 Å². The highest BCUT2D eigenvalue weighted by atomic mass is 35.5. The number of hydrogen-bond donors (Lipinski definition) is 1. The van der Waals surface area contributed by atoms with Gasteiger partial charge in [0.2, 0.25) is 0 Å². The van der Waals surface area contributed by atoms with Gasteiger partial charge in [-0.1, -0.05) is 41.4 Å². The van der Waals surface area contributed by atoms with Gasteiger partial charge >= 0.3 is 0 Å². The average Bonchev–Trinajstić information content (AvgIpc) is 2.64. The fourth-order valence-corrected chi connectivity index (χ4v) is 3.54. The Kier molecular flexibility index (Phi) is 6.41. The zero-order chi connectivity index (χ0) is 18.5. The van der Waals surface area contributed by atoms with Gasteiger partial charge in [-0.3, -0.25) is 4.79 Å². The van der Waals surface area contributed by atoms with E-state index >= 15 is 0 Å². The summed E-state index contributed by atoms with van der Waals surface area (Å²) in [6, 6.07) is 15.6. The SMILES string of the molecule is CN(Cc1ccc(Cl)cc1)C(=O)C[NH+]1CCN(c2cccc(Cl)c2)CC1. The molecule has 1 fully saturated rings. The first-order valence-electron chi connectivity index (χ1n) is 8.84. The topological polar surface area (TPSA) is 28.0 Å². The highest BCUT2D eigenvalue weighted by molar-refractivity contribution is 6.31. The molecule has 2 aromatic rings. The number of rotatable bonds is 5. The van der Waals surface area contributed by atoms with Crippen molar-refractivity contribution in [2.24, 2.45) is 0 Å². The lowest BCUT2D eigenvalue weighted by Crippen LogP contribution is -3.15. The van der Waals surface area contributed by atoms with E-state index < -0.39 is 0 Å². The normalized spacial score (nSPS) is 15.1. The summed E-state index contributed by atoms with van der Waals surface area (Å²) < 4.78 is 0. The summed E-state index contributed by atoms with van der Waals surface area (Å²) in [5.41, 5.74) is 2.24. The fraction of sp³-hybridized carbons (Fsp3) is 0.350. The molecule has 0 atom stereocenters. The van der Waals surface area contributed by atoms with Gasteiger partial charge in [-0.25, -0.2) is 0 Å². The minimum atomic E-state index is 0.172. The molecule has 1 aliphatic heterocycles. The first-order chi connectivity index (χ1) is 12.5. The highest BCUT2D eigenvalue weighted by Gasteiger charge is 2.23. The number of carbonyl (C=O) groups is 1. The molecule has 1 amide bonds. The first-order valence-corrected chi connectivity index (χ1v) is 9.59. The molecule has 1 N–H and O–H groups in total. The number of halogens is 2. The Labute approximate surface area is 164 Å². The van der Waals surface area contributed by atoms with Gasteiger partial charge in [0.1, 0.15) is 0 Å². The molecule has 0 aliphatic carbocycles. The Hall–Kier alpha value is -1.75. The Balaban J connectivity index is 1.47. The molecule has 1 aliphatic rings. The Morgan fingerprint density at radius 2 is 1.77 bits per heavy atom. The van der Waals surface area contributed by atoms with Crippen LogP contribution in [0.4, 0.5) is 5.69 Å². The van der Waals surface area contributed by atoms with Crippen molar-refractivity contribution < 1.29 is 9.69 Å². The summed E-state index contributed by atoms with van der Waals surface area (Å²) in [6.45, 7) is 4.92. The average molecular weight is 393 g/mol. The largest absolute Gasteiger partial charge is 0.360 e. The van der Waals surface area contributed by atoms with Crippen LogP contribution >= 0.6 is 23.2 Å². The van der Waals surface area contributed by atoms with E-state index in [1.54, 1.807) is 4.90 Å². The molecule has 2 aromatic carbocycles. The molecule has 0 aromatic heterocycles. The molecule has 0 bridgehead atoms. The van der Waals surface area contributed by atoms with Crippen molar-refractivity contribution >= 4 is 34.8 Å². The van der Waals surface area contributed by atoms with Crippen LogP contribution in [0.15, 0.2) is 48.5 Å². The monoisotopic (exact) mass is 392 g/mol. The maximum Gasteiger partial charge on any atom is 0.277 e. The third kappa shape index (κ3) is 5.13. The van der Waals surface area contributed by atoms with Crippen LogP contribution in [0.25, 0.3) is 0 Å². The number of hydrogen-bond acceptors (Lipinski definition) is 2. The Bertz CT molecular complexity index is 743. The molecule has 138 valence electrons. The number of amides is 1. The minimum absolute atomic E-state index is 0.172. The van der Waals surface area contributed by atoms with Gasteiger partial charge in [0, 0.05) is 29.3 Å². The predicted molar refractivity (Wildman–Crippen MR) is 107 cm³/mol. The molecule has 0 saturated carbocycles. The van der Waals surface area contributed by atoms with Crippen LogP contribution in [0.2, 0.25) is 10.0 Å². The van der Waals surface area contributed by atoms with Crippen molar-refractivity contribution in [3.05, 3.63) is 64.1 Å². The lowest BCUT2D eigenvalue weighted by Gasteiger charge is -2.34. The lowest BCUT2D eigenvalue weighted by atomic mass is 10.2. The maximum absolute atomic E-state index is 12.5. The number of nitrogens with one attached hydrogen (secondary N) is 1. The van der Waals surface area contributed by atoms with E-state index in [2.05, 4.69) is 11.0 Å². The van der Waals surface area contributed by atoms with Gasteiger partial charge in [-0.2, -0.15) is 0 Å². The molecule has 4 nitrogen and oxygen atoms in total. The third-order valence-corrected chi connectivity index (χ3v) is 5.29. The second kappa shape index (κ2) is 8.76. The summed E-state index contributed by atoms with van der Waals surface area (Å²) >= 11 is 12.0. The van der Waals surface area contributed by atoms with Gasteiger partial charge in [0.05, 0.1) is 26.2 Å². The number of likely N-dealkylation sites (N-methyl/N-ethyl adjacent to an activating group) is 1. The van der Waals surface area contributed by atoms with Gasteiger partial charge in [-0.05, 0) is 35.9 Å². The highest BCUT2D eigenvalue weighted by Crippen LogP contribution is 2.19. The molecule has 26 heavy (non-hydrogen) atoms. The van der Waals surface area contributed by atoms with Crippen molar-refractivity contribution in [2.75, 3.05) is 44.7 Å². The smallest absolute Gasteiger partial charge is 0.277 e. The van der Waals surface area contributed by atoms with Gasteiger partial charge in [0.15, 0.2) is 6.54 Å². The molecule has 1 heterocycles. The Morgan fingerprint density at radius 3 is 2.42 bits per heavy atom. The van der Waals surface area contributed by atoms with Gasteiger partial charge in [0.25, 0.3) is 5.91 Å². The zero-order valence-electron chi connectivity index (χ0n) is 14.9. The summed E-state index contributed by atoms with van der Waals surface area (Å²) in [4.78, 5) is 18.0. The van der Waals surface area contributed by atoms with Crippen molar-refractivity contribution in [3.63, 3.8) is 0 Å².